The van der Waals surface area contributed by atoms with Gasteiger partial charge in [-0.05, 0) is 90.3 Å². The van der Waals surface area contributed by atoms with Crippen LogP contribution in [0.3, 0.4) is 0 Å². The molecule has 0 spiro atoms. The van der Waals surface area contributed by atoms with Crippen molar-refractivity contribution in [2.75, 3.05) is 5.75 Å². The normalized spacial score (nSPS) is 15.3. The van der Waals surface area contributed by atoms with Crippen molar-refractivity contribution in [3.8, 4) is 0 Å². The van der Waals surface area contributed by atoms with E-state index >= 15 is 0 Å². The molecule has 2 N–H and O–H groups in total. The monoisotopic (exact) mass is 742 g/mol. The van der Waals surface area contributed by atoms with E-state index in [1.807, 2.05) is 48.5 Å². The molecule has 12 nitrogen and oxygen atoms in total. The molecule has 0 fully saturated rings. The molecular weight excluding hydrogens is 693 g/mol. The summed E-state index contributed by atoms with van der Waals surface area (Å²) in [6.45, 7) is 12.1. The van der Waals surface area contributed by atoms with Crippen LogP contribution in [0.1, 0.15) is 66.0 Å². The Morgan fingerprint density at radius 1 is 0.804 bits per heavy atom. The Morgan fingerprint density at radius 2 is 1.31 bits per heavy atom. The van der Waals surface area contributed by atoms with E-state index in [2.05, 4.69) is 9.97 Å². The number of nitrogens with two attached hydrogens (primary N) is 1. The van der Waals surface area contributed by atoms with Gasteiger partial charge in [0.05, 0.1) is 58.2 Å². The van der Waals surface area contributed by atoms with Crippen molar-refractivity contribution in [2.24, 2.45) is 5.73 Å². The molecule has 4 aromatic rings. The molecule has 0 bridgehead atoms. The maximum atomic E-state index is 14.0. The van der Waals surface area contributed by atoms with Gasteiger partial charge in [0.2, 0.25) is 6.41 Å². The number of carbonyl (C=O) groups excluding carboxylic acids is 1. The van der Waals surface area contributed by atoms with Crippen LogP contribution in [0.25, 0.3) is 21.8 Å². The first kappa shape index (κ1) is 40.2. The highest BCUT2D eigenvalue weighted by atomic mass is 32.2. The SMILES string of the molecule is CC(C)OC(CC(N)C(OC(C)C)S(=O)(=O)Cc1cnc2ccccc2c1)C(CS(=O)(=O)Cc1cnc2ccccc2c1)N(C=O)OC(C)(C)C. The number of fused-ring (bicyclic) bond motifs is 2. The van der Waals surface area contributed by atoms with Crippen molar-refractivity contribution in [3.05, 3.63) is 84.2 Å². The lowest BCUT2D eigenvalue weighted by atomic mass is 10.0. The van der Waals surface area contributed by atoms with Gasteiger partial charge in [0.15, 0.2) is 25.1 Å². The molecule has 278 valence electrons. The maximum Gasteiger partial charge on any atom is 0.233 e. The molecule has 0 saturated heterocycles. The number of hydrogen-bond donors (Lipinski definition) is 1. The van der Waals surface area contributed by atoms with Gasteiger partial charge >= 0.3 is 0 Å². The fraction of sp³-hybridized carbons (Fsp3) is 0.486. The van der Waals surface area contributed by atoms with Gasteiger partial charge in [-0.15, -0.1) is 0 Å². The van der Waals surface area contributed by atoms with E-state index < -0.39 is 72.6 Å². The summed E-state index contributed by atoms with van der Waals surface area (Å²) in [5.74, 6) is -1.32. The lowest BCUT2D eigenvalue weighted by Crippen LogP contribution is -2.55. The number of nitrogens with zero attached hydrogens (tertiary/aromatic N) is 3. The third-order valence-electron chi connectivity index (χ3n) is 7.77. The van der Waals surface area contributed by atoms with Gasteiger partial charge in [-0.25, -0.2) is 21.9 Å². The lowest BCUT2D eigenvalue weighted by molar-refractivity contribution is -0.245. The van der Waals surface area contributed by atoms with Crippen molar-refractivity contribution in [2.45, 2.75) is 108 Å². The van der Waals surface area contributed by atoms with Crippen molar-refractivity contribution in [1.29, 1.82) is 0 Å². The summed E-state index contributed by atoms with van der Waals surface area (Å²) in [4.78, 5) is 27.4. The molecule has 1 amide bonds. The number of hydrogen-bond acceptors (Lipinski definition) is 11. The largest absolute Gasteiger partial charge is 0.373 e. The van der Waals surface area contributed by atoms with E-state index in [0.29, 0.717) is 17.5 Å². The van der Waals surface area contributed by atoms with Gasteiger partial charge in [-0.2, -0.15) is 0 Å². The molecule has 4 rings (SSSR count). The first-order valence-electron chi connectivity index (χ1n) is 16.9. The number of rotatable bonds is 18. The van der Waals surface area contributed by atoms with Gasteiger partial charge in [0, 0.05) is 29.2 Å². The Labute approximate surface area is 301 Å². The highest BCUT2D eigenvalue weighted by Crippen LogP contribution is 2.26. The number of aromatic nitrogens is 2. The van der Waals surface area contributed by atoms with E-state index in [1.165, 1.54) is 12.4 Å². The van der Waals surface area contributed by atoms with Gasteiger partial charge < -0.3 is 15.2 Å². The summed E-state index contributed by atoms with van der Waals surface area (Å²) in [6, 6.07) is 15.9. The highest BCUT2D eigenvalue weighted by Gasteiger charge is 2.41. The topological polar surface area (TPSA) is 168 Å². The third-order valence-corrected chi connectivity index (χ3v) is 11.3. The van der Waals surface area contributed by atoms with E-state index in [9.17, 15) is 21.6 Å². The fourth-order valence-electron chi connectivity index (χ4n) is 5.86. The Morgan fingerprint density at radius 3 is 1.80 bits per heavy atom. The van der Waals surface area contributed by atoms with E-state index in [0.717, 1.165) is 26.9 Å². The van der Waals surface area contributed by atoms with Crippen LogP contribution in [0.5, 0.6) is 0 Å². The van der Waals surface area contributed by atoms with Crippen LogP contribution in [-0.4, -0.2) is 85.5 Å². The second kappa shape index (κ2) is 16.9. The third kappa shape index (κ3) is 11.7. The zero-order chi connectivity index (χ0) is 37.6. The smallest absolute Gasteiger partial charge is 0.233 e. The predicted octanol–water partition coefficient (Wildman–Crippen LogP) is 5.13. The predicted molar refractivity (Wildman–Crippen MR) is 199 cm³/mol. The van der Waals surface area contributed by atoms with E-state index in [4.69, 9.17) is 20.0 Å². The fourth-order valence-corrected chi connectivity index (χ4v) is 9.35. The number of para-hydroxylation sites is 2. The summed E-state index contributed by atoms with van der Waals surface area (Å²) in [5, 5.41) is 2.53. The molecule has 0 aliphatic rings. The first-order valence-corrected chi connectivity index (χ1v) is 20.5. The minimum atomic E-state index is -4.07. The molecule has 2 heterocycles. The number of ether oxygens (including phenoxy) is 2. The number of hydroxylamine groups is 2. The first-order chi connectivity index (χ1) is 23.9. The zero-order valence-corrected chi connectivity index (χ0v) is 31.9. The van der Waals surface area contributed by atoms with Crippen molar-refractivity contribution in [1.82, 2.24) is 15.0 Å². The van der Waals surface area contributed by atoms with Gasteiger partial charge in [0.25, 0.3) is 0 Å². The average molecular weight is 743 g/mol. The van der Waals surface area contributed by atoms with Crippen LogP contribution >= 0.6 is 0 Å². The Hall–Kier alpha value is -3.53. The van der Waals surface area contributed by atoms with Gasteiger partial charge in [0.1, 0.15) is 0 Å². The number of carbonyl (C=O) groups is 1. The number of pyridine rings is 2. The van der Waals surface area contributed by atoms with Crippen molar-refractivity contribution >= 4 is 47.9 Å². The summed E-state index contributed by atoms with van der Waals surface area (Å²) in [7, 11) is -8.02. The Kier molecular flexibility index (Phi) is 13.3. The molecule has 2 aromatic carbocycles. The van der Waals surface area contributed by atoms with Crippen LogP contribution in [0.2, 0.25) is 0 Å². The molecule has 2 aromatic heterocycles. The highest BCUT2D eigenvalue weighted by molar-refractivity contribution is 7.91. The van der Waals surface area contributed by atoms with Gasteiger partial charge in [-0.3, -0.25) is 19.6 Å². The van der Waals surface area contributed by atoms with Crippen LogP contribution in [-0.2, 0) is 50.3 Å². The van der Waals surface area contributed by atoms with Crippen LogP contribution in [0.4, 0.5) is 0 Å². The Bertz CT molecular complexity index is 2000. The standard InChI is InChI=1S/C37H50N4O8S2/c1-25(2)47-35(18-31(38)36(48-26(3)4)51(45,46)22-28-17-30-13-9-11-15-33(30)40-20-28)34(41(24-42)49-37(5,6)7)23-50(43,44)21-27-16-29-12-8-10-14-32(29)39-19-27/h8-17,19-20,24-26,31,34-36H,18,21-23,38H2,1-7H3. The average Bonchev–Trinajstić information content (AvgIpc) is 3.03. The molecular formula is C37H50N4O8S2. The maximum absolute atomic E-state index is 14.0. The molecule has 14 heteroatoms. The van der Waals surface area contributed by atoms with Crippen molar-refractivity contribution in [3.63, 3.8) is 0 Å². The van der Waals surface area contributed by atoms with Crippen LogP contribution in [0.15, 0.2) is 73.1 Å². The molecule has 4 unspecified atom stereocenters. The van der Waals surface area contributed by atoms with Crippen molar-refractivity contribution < 1.29 is 35.9 Å². The summed E-state index contributed by atoms with van der Waals surface area (Å²) in [6.07, 6.45) is 1.22. The molecule has 4 atom stereocenters. The summed E-state index contributed by atoms with van der Waals surface area (Å²) in [5.41, 5.74) is 6.73. The van der Waals surface area contributed by atoms with E-state index in [1.54, 1.807) is 60.6 Å². The summed E-state index contributed by atoms with van der Waals surface area (Å²) >= 11 is 0. The molecule has 0 saturated carbocycles. The number of sulfone groups is 2. The quantitative estimate of drug-likeness (QED) is 0.106. The molecule has 0 aliphatic carbocycles. The number of amides is 1. The summed E-state index contributed by atoms with van der Waals surface area (Å²) < 4.78 is 68.1. The molecule has 0 aliphatic heterocycles. The van der Waals surface area contributed by atoms with Crippen LogP contribution in [0, 0.1) is 0 Å². The Balaban J connectivity index is 1.67. The van der Waals surface area contributed by atoms with Gasteiger partial charge in [-0.1, -0.05) is 36.4 Å². The lowest BCUT2D eigenvalue weighted by Gasteiger charge is -2.39. The molecule has 0 radical (unpaired) electrons. The minimum Gasteiger partial charge on any atom is -0.373 e. The van der Waals surface area contributed by atoms with E-state index in [-0.39, 0.29) is 12.2 Å². The molecule has 51 heavy (non-hydrogen) atoms. The number of benzene rings is 2. The van der Waals surface area contributed by atoms with Crippen LogP contribution < -0.4 is 5.73 Å². The minimum absolute atomic E-state index is 0.180. The second-order valence-electron chi connectivity index (χ2n) is 14.3. The zero-order valence-electron chi connectivity index (χ0n) is 30.3. The second-order valence-corrected chi connectivity index (χ2v) is 18.5.